The summed E-state index contributed by atoms with van der Waals surface area (Å²) in [5, 5.41) is 15.3. The first kappa shape index (κ1) is 26.9. The van der Waals surface area contributed by atoms with Crippen molar-refractivity contribution in [3.8, 4) is 33.4 Å². The maximum absolute atomic E-state index is 2.42. The van der Waals surface area contributed by atoms with Crippen LogP contribution < -0.4 is 0 Å². The van der Waals surface area contributed by atoms with E-state index in [0.29, 0.717) is 0 Å². The highest BCUT2D eigenvalue weighted by atomic mass is 14.2. The van der Waals surface area contributed by atoms with E-state index in [1.165, 1.54) is 98.0 Å². The first-order valence-corrected chi connectivity index (χ1v) is 16.7. The predicted molar refractivity (Wildman–Crippen MR) is 208 cm³/mol. The standard InChI is InChI=1S/C48H30/c1-3-18-35-32(14-1)29-45(41-24-7-5-20-37(35)41)31-16-13-17-34(28-31)47-43-26-11-9-22-39(43)40-23-10-12-27-44(40)48(47)46-30-33-15-2-4-19-36(33)38-21-6-8-25-42(38)46/h1-30H. The maximum atomic E-state index is 2.42. The summed E-state index contributed by atoms with van der Waals surface area (Å²) in [4.78, 5) is 0. The second kappa shape index (κ2) is 10.7. The molecule has 0 saturated heterocycles. The molecule has 0 bridgehead atoms. The lowest BCUT2D eigenvalue weighted by Gasteiger charge is -2.21. The molecule has 0 heterocycles. The van der Waals surface area contributed by atoms with Gasteiger partial charge in [-0.1, -0.05) is 164 Å². The highest BCUT2D eigenvalue weighted by Gasteiger charge is 2.20. The molecule has 0 aliphatic heterocycles. The van der Waals surface area contributed by atoms with Gasteiger partial charge in [-0.05, 0) is 116 Å². The molecule has 0 aliphatic rings. The van der Waals surface area contributed by atoms with Crippen LogP contribution in [0.3, 0.4) is 0 Å². The number of fused-ring (bicyclic) bond motifs is 9. The minimum absolute atomic E-state index is 1.22. The summed E-state index contributed by atoms with van der Waals surface area (Å²) < 4.78 is 0. The molecule has 0 amide bonds. The summed E-state index contributed by atoms with van der Waals surface area (Å²) in [7, 11) is 0. The molecule has 48 heavy (non-hydrogen) atoms. The van der Waals surface area contributed by atoms with Gasteiger partial charge in [0.05, 0.1) is 0 Å². The summed E-state index contributed by atoms with van der Waals surface area (Å²) in [6.45, 7) is 0. The van der Waals surface area contributed by atoms with E-state index >= 15 is 0 Å². The Hall–Kier alpha value is -6.24. The van der Waals surface area contributed by atoms with Gasteiger partial charge in [0.2, 0.25) is 0 Å². The van der Waals surface area contributed by atoms with Crippen LogP contribution in [0.25, 0.3) is 98.0 Å². The van der Waals surface area contributed by atoms with Gasteiger partial charge in [0, 0.05) is 0 Å². The van der Waals surface area contributed by atoms with E-state index in [9.17, 15) is 0 Å². The summed E-state index contributed by atoms with van der Waals surface area (Å²) in [5.41, 5.74) is 7.53. The lowest BCUT2D eigenvalue weighted by atomic mass is 9.82. The van der Waals surface area contributed by atoms with E-state index in [2.05, 4.69) is 182 Å². The number of benzene rings is 10. The maximum Gasteiger partial charge on any atom is -0.00139 e. The van der Waals surface area contributed by atoms with E-state index in [1.54, 1.807) is 0 Å². The smallest absolute Gasteiger partial charge is 0.00139 e. The van der Waals surface area contributed by atoms with Gasteiger partial charge < -0.3 is 0 Å². The lowest BCUT2D eigenvalue weighted by molar-refractivity contribution is 1.63. The van der Waals surface area contributed by atoms with Crippen LogP contribution in [-0.2, 0) is 0 Å². The molecule has 0 nitrogen and oxygen atoms in total. The molecule has 222 valence electrons. The second-order valence-corrected chi connectivity index (χ2v) is 12.8. The van der Waals surface area contributed by atoms with Crippen molar-refractivity contribution < 1.29 is 0 Å². The van der Waals surface area contributed by atoms with E-state index in [4.69, 9.17) is 0 Å². The fourth-order valence-corrected chi connectivity index (χ4v) is 8.12. The molecule has 10 aromatic rings. The lowest BCUT2D eigenvalue weighted by Crippen LogP contribution is -1.94. The zero-order valence-electron chi connectivity index (χ0n) is 26.3. The Morgan fingerprint density at radius 2 is 0.583 bits per heavy atom. The second-order valence-electron chi connectivity index (χ2n) is 12.8. The summed E-state index contributed by atoms with van der Waals surface area (Å²) in [6.07, 6.45) is 0. The van der Waals surface area contributed by atoms with Crippen molar-refractivity contribution in [1.82, 2.24) is 0 Å². The quantitative estimate of drug-likeness (QED) is 0.176. The summed E-state index contributed by atoms with van der Waals surface area (Å²) >= 11 is 0. The minimum atomic E-state index is 1.22. The summed E-state index contributed by atoms with van der Waals surface area (Å²) in [5.74, 6) is 0. The third-order valence-corrected chi connectivity index (χ3v) is 10.2. The zero-order valence-corrected chi connectivity index (χ0v) is 26.3. The van der Waals surface area contributed by atoms with Crippen LogP contribution >= 0.6 is 0 Å². The highest BCUT2D eigenvalue weighted by molar-refractivity contribution is 6.26. The number of hydrogen-bond acceptors (Lipinski definition) is 0. The van der Waals surface area contributed by atoms with Crippen LogP contribution in [0.1, 0.15) is 0 Å². The van der Waals surface area contributed by atoms with Gasteiger partial charge in [-0.15, -0.1) is 0 Å². The third-order valence-electron chi connectivity index (χ3n) is 10.2. The van der Waals surface area contributed by atoms with Crippen molar-refractivity contribution in [3.63, 3.8) is 0 Å². The molecule has 0 saturated carbocycles. The van der Waals surface area contributed by atoms with Gasteiger partial charge in [0.25, 0.3) is 0 Å². The van der Waals surface area contributed by atoms with Crippen molar-refractivity contribution in [2.75, 3.05) is 0 Å². The molecule has 0 atom stereocenters. The average Bonchev–Trinajstić information content (AvgIpc) is 3.17. The fourth-order valence-electron chi connectivity index (χ4n) is 8.12. The Bertz CT molecular complexity index is 2890. The van der Waals surface area contributed by atoms with E-state index < -0.39 is 0 Å². The van der Waals surface area contributed by atoms with Crippen LogP contribution in [0.15, 0.2) is 182 Å². The highest BCUT2D eigenvalue weighted by Crippen LogP contribution is 2.48. The van der Waals surface area contributed by atoms with Gasteiger partial charge in [0.1, 0.15) is 0 Å². The van der Waals surface area contributed by atoms with Crippen LogP contribution in [-0.4, -0.2) is 0 Å². The molecule has 10 aromatic carbocycles. The molecule has 0 spiro atoms. The normalized spacial score (nSPS) is 11.8. The molecule has 0 fully saturated rings. The van der Waals surface area contributed by atoms with Crippen molar-refractivity contribution in [3.05, 3.63) is 182 Å². The van der Waals surface area contributed by atoms with Gasteiger partial charge >= 0.3 is 0 Å². The van der Waals surface area contributed by atoms with Crippen LogP contribution in [0, 0.1) is 0 Å². The Kier molecular flexibility index (Phi) is 5.98. The average molecular weight is 607 g/mol. The van der Waals surface area contributed by atoms with Gasteiger partial charge in [-0.2, -0.15) is 0 Å². The predicted octanol–water partition coefficient (Wildman–Crippen LogP) is 13.6. The molecule has 10 rings (SSSR count). The third kappa shape index (κ3) is 4.03. The Labute approximate surface area is 279 Å². The van der Waals surface area contributed by atoms with E-state index in [1.807, 2.05) is 0 Å². The Morgan fingerprint density at radius 1 is 0.208 bits per heavy atom. The van der Waals surface area contributed by atoms with Crippen LogP contribution in [0.2, 0.25) is 0 Å². The molecule has 0 radical (unpaired) electrons. The van der Waals surface area contributed by atoms with E-state index in [-0.39, 0.29) is 0 Å². The van der Waals surface area contributed by atoms with Crippen molar-refractivity contribution in [2.45, 2.75) is 0 Å². The molecule has 0 aromatic heterocycles. The molecular formula is C48H30. The first-order chi connectivity index (χ1) is 23.8. The first-order valence-electron chi connectivity index (χ1n) is 16.7. The molecular weight excluding hydrogens is 577 g/mol. The van der Waals surface area contributed by atoms with Crippen molar-refractivity contribution in [1.29, 1.82) is 0 Å². The molecule has 0 unspecified atom stereocenters. The number of rotatable bonds is 3. The summed E-state index contributed by atoms with van der Waals surface area (Å²) in [6, 6.07) is 67.2. The number of hydrogen-bond donors (Lipinski definition) is 0. The molecule has 0 heteroatoms. The Morgan fingerprint density at radius 3 is 1.15 bits per heavy atom. The minimum Gasteiger partial charge on any atom is -0.0616 e. The van der Waals surface area contributed by atoms with Crippen LogP contribution in [0.4, 0.5) is 0 Å². The molecule has 0 aliphatic carbocycles. The Balaban J connectivity index is 1.34. The van der Waals surface area contributed by atoms with Gasteiger partial charge in [-0.25, -0.2) is 0 Å². The topological polar surface area (TPSA) is 0 Å². The molecule has 0 N–H and O–H groups in total. The van der Waals surface area contributed by atoms with E-state index in [0.717, 1.165) is 0 Å². The fraction of sp³-hybridized carbons (Fsp3) is 0. The van der Waals surface area contributed by atoms with Crippen molar-refractivity contribution >= 4 is 64.6 Å². The van der Waals surface area contributed by atoms with Gasteiger partial charge in [-0.3, -0.25) is 0 Å². The largest absolute Gasteiger partial charge is 0.0616 e. The van der Waals surface area contributed by atoms with Gasteiger partial charge in [0.15, 0.2) is 0 Å². The van der Waals surface area contributed by atoms with Crippen molar-refractivity contribution in [2.24, 2.45) is 0 Å². The monoisotopic (exact) mass is 606 g/mol. The van der Waals surface area contributed by atoms with Crippen LogP contribution in [0.5, 0.6) is 0 Å². The SMILES string of the molecule is c1cc(-c2cc3ccccc3c3ccccc23)cc(-c2c(-c3cc4ccccc4c4ccccc34)c3ccccc3c3ccccc23)c1. The zero-order chi connectivity index (χ0) is 31.6.